The van der Waals surface area contributed by atoms with Gasteiger partial charge in [0.05, 0.1) is 5.69 Å². The van der Waals surface area contributed by atoms with Crippen molar-refractivity contribution in [2.24, 2.45) is 23.7 Å². The largest absolute Gasteiger partial charge is 0.297 e. The maximum Gasteiger partial charge on any atom is 0.272 e. The monoisotopic (exact) mass is 312 g/mol. The average Bonchev–Trinajstić information content (AvgIpc) is 3.12. The molecule has 0 unspecified atom stereocenters. The van der Waals surface area contributed by atoms with Crippen molar-refractivity contribution in [2.75, 3.05) is 13.1 Å². The van der Waals surface area contributed by atoms with Gasteiger partial charge in [-0.25, -0.2) is 9.50 Å². The number of H-pyrrole nitrogens is 1. The van der Waals surface area contributed by atoms with E-state index in [4.69, 9.17) is 0 Å². The number of aromatic amines is 1. The molecular weight excluding hydrogens is 288 g/mol. The normalized spacial score (nSPS) is 33.4. The van der Waals surface area contributed by atoms with Crippen LogP contribution in [0.2, 0.25) is 0 Å². The Morgan fingerprint density at radius 1 is 1.13 bits per heavy atom. The lowest BCUT2D eigenvalue weighted by Crippen LogP contribution is -2.38. The summed E-state index contributed by atoms with van der Waals surface area (Å²) >= 11 is 0. The fourth-order valence-electron chi connectivity index (χ4n) is 5.54. The van der Waals surface area contributed by atoms with E-state index in [-0.39, 0.29) is 5.56 Å². The Labute approximate surface area is 135 Å². The quantitative estimate of drug-likeness (QED) is 0.925. The van der Waals surface area contributed by atoms with E-state index in [1.807, 2.05) is 13.0 Å². The van der Waals surface area contributed by atoms with Crippen molar-refractivity contribution in [1.82, 2.24) is 19.5 Å². The van der Waals surface area contributed by atoms with E-state index >= 15 is 0 Å². The van der Waals surface area contributed by atoms with Gasteiger partial charge in [0.2, 0.25) is 0 Å². The van der Waals surface area contributed by atoms with Crippen LogP contribution in [0.15, 0.2) is 16.9 Å². The molecule has 2 atom stereocenters. The third-order valence-electron chi connectivity index (χ3n) is 6.53. The summed E-state index contributed by atoms with van der Waals surface area (Å²) in [5, 5.41) is 3.04. The van der Waals surface area contributed by atoms with Gasteiger partial charge in [-0.1, -0.05) is 0 Å². The van der Waals surface area contributed by atoms with Gasteiger partial charge in [0.25, 0.3) is 5.56 Å². The van der Waals surface area contributed by atoms with E-state index in [0.29, 0.717) is 0 Å². The summed E-state index contributed by atoms with van der Waals surface area (Å²) in [7, 11) is 0. The van der Waals surface area contributed by atoms with Crippen molar-refractivity contribution in [3.8, 4) is 0 Å². The molecular formula is C18H24N4O. The summed E-state index contributed by atoms with van der Waals surface area (Å²) in [5.41, 5.74) is 2.62. The lowest BCUT2D eigenvalue weighted by atomic mass is 9.60. The maximum absolute atomic E-state index is 12.2. The summed E-state index contributed by atoms with van der Waals surface area (Å²) in [6.45, 7) is 5.19. The standard InChI is InChI=1S/C18H24N4O/c1-11-6-17-19-14(7-18(23)22(17)20-11)8-21-9-15-12-2-3-13(5-4-12)16(15)10-21/h6-7,12-13,15-16,20H,2-5,8-10H2,1H3/t12?,13?,15-,16+. The molecule has 2 aromatic heterocycles. The molecule has 0 amide bonds. The van der Waals surface area contributed by atoms with Crippen molar-refractivity contribution in [2.45, 2.75) is 39.2 Å². The number of hydrogen-bond donors (Lipinski definition) is 1. The van der Waals surface area contributed by atoms with Crippen LogP contribution in [0, 0.1) is 30.6 Å². The van der Waals surface area contributed by atoms with E-state index < -0.39 is 0 Å². The Bertz CT molecular complexity index is 779. The number of nitrogens with zero attached hydrogens (tertiary/aromatic N) is 3. The molecule has 5 heteroatoms. The second-order valence-corrected chi connectivity index (χ2v) is 7.92. The number of aromatic nitrogens is 3. The van der Waals surface area contributed by atoms with Gasteiger partial charge in [-0.05, 0) is 56.3 Å². The topological polar surface area (TPSA) is 53.4 Å². The molecule has 6 rings (SSSR count). The molecule has 4 fully saturated rings. The van der Waals surface area contributed by atoms with E-state index in [2.05, 4.69) is 15.0 Å². The Morgan fingerprint density at radius 2 is 1.78 bits per heavy atom. The molecule has 1 aliphatic heterocycles. The smallest absolute Gasteiger partial charge is 0.272 e. The van der Waals surface area contributed by atoms with Gasteiger partial charge in [-0.15, -0.1) is 0 Å². The minimum absolute atomic E-state index is 0.00483. The van der Waals surface area contributed by atoms with Gasteiger partial charge in [-0.3, -0.25) is 14.8 Å². The van der Waals surface area contributed by atoms with Crippen LogP contribution in [0.1, 0.15) is 37.1 Å². The molecule has 1 N–H and O–H groups in total. The SMILES string of the molecule is Cc1cc2nc(CN3C[C@@H]4C5CCC(CC5)[C@@H]4C3)cc(=O)n2[nH]1. The highest BCUT2D eigenvalue weighted by Gasteiger charge is 2.47. The molecule has 0 radical (unpaired) electrons. The van der Waals surface area contributed by atoms with Gasteiger partial charge in [0, 0.05) is 37.5 Å². The van der Waals surface area contributed by atoms with Crippen LogP contribution in [0.4, 0.5) is 0 Å². The van der Waals surface area contributed by atoms with Gasteiger partial charge in [0.15, 0.2) is 5.65 Å². The average molecular weight is 312 g/mol. The summed E-state index contributed by atoms with van der Waals surface area (Å²) in [5.74, 6) is 3.73. The molecule has 0 spiro atoms. The molecule has 23 heavy (non-hydrogen) atoms. The van der Waals surface area contributed by atoms with Crippen LogP contribution in [-0.4, -0.2) is 32.6 Å². The Kier molecular flexibility index (Phi) is 2.96. The highest BCUT2D eigenvalue weighted by molar-refractivity contribution is 5.39. The summed E-state index contributed by atoms with van der Waals surface area (Å²) in [4.78, 5) is 19.5. The molecule has 0 aromatic carbocycles. The molecule has 5 nitrogen and oxygen atoms in total. The highest BCUT2D eigenvalue weighted by Crippen LogP contribution is 2.51. The van der Waals surface area contributed by atoms with Crippen LogP contribution < -0.4 is 5.56 Å². The third kappa shape index (κ3) is 2.17. The van der Waals surface area contributed by atoms with Gasteiger partial charge in [-0.2, -0.15) is 0 Å². The summed E-state index contributed by atoms with van der Waals surface area (Å²) < 4.78 is 1.53. The Balaban J connectivity index is 1.39. The van der Waals surface area contributed by atoms with Gasteiger partial charge < -0.3 is 0 Å². The number of rotatable bonds is 2. The van der Waals surface area contributed by atoms with Crippen LogP contribution in [-0.2, 0) is 6.54 Å². The first-order valence-electron chi connectivity index (χ1n) is 8.98. The van der Waals surface area contributed by atoms with Gasteiger partial charge >= 0.3 is 0 Å². The number of fused-ring (bicyclic) bond motifs is 3. The number of hydrogen-bond acceptors (Lipinski definition) is 3. The van der Waals surface area contributed by atoms with Crippen LogP contribution in [0.25, 0.3) is 5.65 Å². The second kappa shape index (κ2) is 4.94. The number of aryl methyl sites for hydroxylation is 1. The zero-order chi connectivity index (χ0) is 15.6. The van der Waals surface area contributed by atoms with Crippen molar-refractivity contribution >= 4 is 5.65 Å². The third-order valence-corrected chi connectivity index (χ3v) is 6.53. The summed E-state index contributed by atoms with van der Waals surface area (Å²) in [6, 6.07) is 3.63. The summed E-state index contributed by atoms with van der Waals surface area (Å²) in [6.07, 6.45) is 5.81. The molecule has 2 aromatic rings. The molecule has 3 heterocycles. The van der Waals surface area contributed by atoms with E-state index in [1.54, 1.807) is 6.07 Å². The van der Waals surface area contributed by atoms with Crippen molar-refractivity contribution < 1.29 is 0 Å². The number of nitrogens with one attached hydrogen (secondary N) is 1. The minimum atomic E-state index is -0.00483. The van der Waals surface area contributed by atoms with Crippen molar-refractivity contribution in [1.29, 1.82) is 0 Å². The zero-order valence-electron chi connectivity index (χ0n) is 13.7. The second-order valence-electron chi connectivity index (χ2n) is 7.92. The lowest BCUT2D eigenvalue weighted by molar-refractivity contribution is 0.0577. The first kappa shape index (κ1) is 13.8. The molecule has 122 valence electrons. The fraction of sp³-hybridized carbons (Fsp3) is 0.667. The van der Waals surface area contributed by atoms with Crippen LogP contribution >= 0.6 is 0 Å². The molecule has 4 aliphatic rings. The predicted molar refractivity (Wildman–Crippen MR) is 88.3 cm³/mol. The van der Waals surface area contributed by atoms with E-state index in [9.17, 15) is 4.79 Å². The Morgan fingerprint density at radius 3 is 2.43 bits per heavy atom. The van der Waals surface area contributed by atoms with Crippen molar-refractivity contribution in [3.05, 3.63) is 33.9 Å². The minimum Gasteiger partial charge on any atom is -0.297 e. The molecule has 3 aliphatic carbocycles. The Hall–Kier alpha value is -1.62. The first-order valence-corrected chi connectivity index (χ1v) is 8.98. The van der Waals surface area contributed by atoms with Crippen LogP contribution in [0.3, 0.4) is 0 Å². The van der Waals surface area contributed by atoms with Crippen molar-refractivity contribution in [3.63, 3.8) is 0 Å². The molecule has 3 saturated carbocycles. The lowest BCUT2D eigenvalue weighted by Gasteiger charge is -2.45. The molecule has 1 saturated heterocycles. The van der Waals surface area contributed by atoms with Gasteiger partial charge in [0.1, 0.15) is 0 Å². The predicted octanol–water partition coefficient (Wildman–Crippen LogP) is 2.20. The zero-order valence-corrected chi connectivity index (χ0v) is 13.7. The first-order chi connectivity index (χ1) is 11.2. The van der Waals surface area contributed by atoms with Crippen LogP contribution in [0.5, 0.6) is 0 Å². The molecule has 2 bridgehead atoms. The highest BCUT2D eigenvalue weighted by atomic mass is 16.1. The fourth-order valence-corrected chi connectivity index (χ4v) is 5.54. The van der Waals surface area contributed by atoms with E-state index in [1.165, 1.54) is 43.3 Å². The number of likely N-dealkylation sites (tertiary alicyclic amines) is 1. The maximum atomic E-state index is 12.2. The van der Waals surface area contributed by atoms with E-state index in [0.717, 1.165) is 47.3 Å².